The normalized spacial score (nSPS) is 50.0. The number of nitrogens with zero attached hydrogens (tertiary/aromatic N) is 2. The Balaban J connectivity index is 2.27. The van der Waals surface area contributed by atoms with Gasteiger partial charge in [-0.25, -0.2) is 0 Å². The van der Waals surface area contributed by atoms with Crippen LogP contribution in [0.4, 0.5) is 0 Å². The number of hydrogen-bond donors (Lipinski definition) is 0. The number of rotatable bonds is 0. The van der Waals surface area contributed by atoms with Crippen molar-refractivity contribution in [3.05, 3.63) is 10.4 Å². The fourth-order valence-electron chi connectivity index (χ4n) is 2.13. The first-order valence-corrected chi connectivity index (χ1v) is 4.95. The van der Waals surface area contributed by atoms with Crippen molar-refractivity contribution >= 4 is 15.9 Å². The number of alkyl halides is 1. The second-order valence-electron chi connectivity index (χ2n) is 3.79. The monoisotopic (exact) mass is 234 g/mol. The number of hydroxylamine groups is 2. The molecule has 0 bridgehead atoms. The second kappa shape index (κ2) is 2.42. The van der Waals surface area contributed by atoms with Gasteiger partial charge in [-0.05, 0) is 19.8 Å². The van der Waals surface area contributed by atoms with Crippen LogP contribution in [0.2, 0.25) is 0 Å². The van der Waals surface area contributed by atoms with Crippen molar-refractivity contribution in [2.45, 2.75) is 42.6 Å². The largest absolute Gasteiger partial charge is 0.772 e. The van der Waals surface area contributed by atoms with E-state index in [9.17, 15) is 10.4 Å². The minimum Gasteiger partial charge on any atom is -0.772 e. The Hall–Kier alpha value is 0.320. The summed E-state index contributed by atoms with van der Waals surface area (Å²) in [5.74, 6) is 0. The van der Waals surface area contributed by atoms with Gasteiger partial charge in [-0.3, -0.25) is 0 Å². The van der Waals surface area contributed by atoms with E-state index in [1.165, 1.54) is 0 Å². The molecule has 0 aromatic rings. The summed E-state index contributed by atoms with van der Waals surface area (Å²) in [6.07, 6.45) is 3.64. The fraction of sp³-hybridized carbons (Fsp3) is 1.00. The number of fused-ring (bicyclic) bond motifs is 1. The molecule has 70 valence electrons. The smallest absolute Gasteiger partial charge is 0.0958 e. The van der Waals surface area contributed by atoms with E-state index in [1.54, 1.807) is 0 Å². The van der Waals surface area contributed by atoms with E-state index < -0.39 is 9.99 Å². The van der Waals surface area contributed by atoms with Crippen LogP contribution in [0.1, 0.15) is 32.6 Å². The first-order valence-electron chi connectivity index (χ1n) is 4.16. The summed E-state index contributed by atoms with van der Waals surface area (Å²) in [5.41, 5.74) is -0.507. The summed E-state index contributed by atoms with van der Waals surface area (Å²) < 4.78 is -0.611. The molecule has 0 aromatic heterocycles. The molecule has 2 atom stereocenters. The summed E-state index contributed by atoms with van der Waals surface area (Å²) in [7, 11) is 0. The third-order valence-electron chi connectivity index (χ3n) is 3.14. The van der Waals surface area contributed by atoms with E-state index in [0.29, 0.717) is 10.3 Å². The molecule has 2 aliphatic rings. The summed E-state index contributed by atoms with van der Waals surface area (Å²) in [4.78, 5) is 0. The maximum absolute atomic E-state index is 11.2. The molecule has 2 rings (SSSR count). The second-order valence-corrected chi connectivity index (χ2v) is 5.10. The fourth-order valence-corrected chi connectivity index (χ4v) is 2.91. The first kappa shape index (κ1) is 8.90. The van der Waals surface area contributed by atoms with Crippen LogP contribution in [0.25, 0.3) is 0 Å². The zero-order valence-electron chi connectivity index (χ0n) is 6.92. The molecule has 0 aromatic carbocycles. The molecular formula is C7H11BrN2O2-2. The van der Waals surface area contributed by atoms with Gasteiger partial charge in [0.15, 0.2) is 0 Å². The predicted octanol–water partition coefficient (Wildman–Crippen LogP) is 1.94. The molecule has 1 saturated carbocycles. The van der Waals surface area contributed by atoms with E-state index >= 15 is 0 Å². The lowest BCUT2D eigenvalue weighted by atomic mass is 9.76. The van der Waals surface area contributed by atoms with E-state index in [1.807, 2.05) is 6.92 Å². The lowest BCUT2D eigenvalue weighted by molar-refractivity contribution is -0.232. The van der Waals surface area contributed by atoms with Crippen LogP contribution < -0.4 is 0 Å². The van der Waals surface area contributed by atoms with Gasteiger partial charge in [0.05, 0.1) is 4.45 Å². The quantitative estimate of drug-likeness (QED) is 0.475. The molecule has 1 aliphatic heterocycles. The van der Waals surface area contributed by atoms with Crippen molar-refractivity contribution in [3.63, 3.8) is 0 Å². The van der Waals surface area contributed by atoms with Crippen molar-refractivity contribution in [2.75, 3.05) is 0 Å². The third kappa shape index (κ3) is 0.761. The Morgan fingerprint density at radius 2 is 1.75 bits per heavy atom. The average molecular weight is 235 g/mol. The van der Waals surface area contributed by atoms with E-state index in [2.05, 4.69) is 15.9 Å². The Labute approximate surface area is 79.8 Å². The van der Waals surface area contributed by atoms with Crippen LogP contribution in [-0.2, 0) is 0 Å². The zero-order valence-corrected chi connectivity index (χ0v) is 8.50. The van der Waals surface area contributed by atoms with Crippen LogP contribution in [0.5, 0.6) is 0 Å². The molecule has 0 N–H and O–H groups in total. The highest BCUT2D eigenvalue weighted by Crippen LogP contribution is 2.56. The van der Waals surface area contributed by atoms with Crippen LogP contribution >= 0.6 is 15.9 Å². The highest BCUT2D eigenvalue weighted by atomic mass is 79.9. The topological polar surface area (TPSA) is 52.6 Å². The Morgan fingerprint density at radius 1 is 1.17 bits per heavy atom. The lowest BCUT2D eigenvalue weighted by Gasteiger charge is -2.78. The molecule has 12 heavy (non-hydrogen) atoms. The van der Waals surface area contributed by atoms with Crippen LogP contribution in [-0.4, -0.2) is 20.3 Å². The third-order valence-corrected chi connectivity index (χ3v) is 4.69. The van der Waals surface area contributed by atoms with Crippen molar-refractivity contribution in [1.29, 1.82) is 0 Å². The minimum atomic E-state index is -0.611. The molecular weight excluding hydrogens is 224 g/mol. The van der Waals surface area contributed by atoms with Crippen molar-refractivity contribution < 1.29 is 0 Å². The molecule has 1 heterocycles. The average Bonchev–Trinajstić information content (AvgIpc) is 2.08. The van der Waals surface area contributed by atoms with Gasteiger partial charge in [0.2, 0.25) is 0 Å². The van der Waals surface area contributed by atoms with E-state index in [0.717, 1.165) is 25.7 Å². The number of halogens is 1. The number of hydrazine groups is 1. The van der Waals surface area contributed by atoms with Crippen LogP contribution in [0, 0.1) is 10.4 Å². The minimum absolute atomic E-state index is 0.507. The molecule has 0 amide bonds. The summed E-state index contributed by atoms with van der Waals surface area (Å²) in [6, 6.07) is 0. The molecule has 0 spiro atoms. The van der Waals surface area contributed by atoms with Gasteiger partial charge in [-0.2, -0.15) is 0 Å². The maximum atomic E-state index is 11.2. The molecule has 2 fully saturated rings. The van der Waals surface area contributed by atoms with Crippen LogP contribution in [0.3, 0.4) is 0 Å². The van der Waals surface area contributed by atoms with Crippen LogP contribution in [0.15, 0.2) is 0 Å². The Kier molecular flexibility index (Phi) is 1.79. The number of hydrogen-bond acceptors (Lipinski definition) is 4. The van der Waals surface area contributed by atoms with E-state index in [4.69, 9.17) is 0 Å². The van der Waals surface area contributed by atoms with Gasteiger partial charge in [0.1, 0.15) is 0 Å². The van der Waals surface area contributed by atoms with Crippen molar-refractivity contribution in [1.82, 2.24) is 10.3 Å². The molecule has 0 radical (unpaired) electrons. The van der Waals surface area contributed by atoms with Gasteiger partial charge in [-0.1, -0.05) is 28.8 Å². The predicted molar refractivity (Wildman–Crippen MR) is 48.9 cm³/mol. The van der Waals surface area contributed by atoms with Crippen molar-refractivity contribution in [2.24, 2.45) is 0 Å². The highest BCUT2D eigenvalue weighted by Gasteiger charge is 2.59. The van der Waals surface area contributed by atoms with Gasteiger partial charge in [-0.15, -0.1) is 0 Å². The highest BCUT2D eigenvalue weighted by molar-refractivity contribution is 9.10. The van der Waals surface area contributed by atoms with Crippen molar-refractivity contribution in [3.8, 4) is 0 Å². The van der Waals surface area contributed by atoms with Gasteiger partial charge in [0, 0.05) is 5.54 Å². The molecule has 1 saturated heterocycles. The maximum Gasteiger partial charge on any atom is 0.0958 e. The molecule has 2 unspecified atom stereocenters. The SMILES string of the molecule is CC12CCCCC1(Br)N([O-])N2[O-]. The molecule has 5 heteroatoms. The Bertz CT molecular complexity index is 194. The first-order chi connectivity index (χ1) is 5.52. The van der Waals surface area contributed by atoms with Gasteiger partial charge < -0.3 is 20.8 Å². The Morgan fingerprint density at radius 3 is 2.33 bits per heavy atom. The van der Waals surface area contributed by atoms with E-state index in [-0.39, 0.29) is 0 Å². The molecule has 1 aliphatic carbocycles. The van der Waals surface area contributed by atoms with Gasteiger partial charge in [0.25, 0.3) is 0 Å². The van der Waals surface area contributed by atoms with Gasteiger partial charge >= 0.3 is 0 Å². The summed E-state index contributed by atoms with van der Waals surface area (Å²) in [5, 5.41) is 23.5. The standard InChI is InChI=1S/C7H11BrN2O2/c1-6-4-2-3-5-7(6,8)10(12)9(6)11/h2-5H2,1H3/q-2. The zero-order chi connectivity index (χ0) is 8.98. The lowest BCUT2D eigenvalue weighted by Crippen LogP contribution is -2.80. The molecule has 4 nitrogen and oxygen atoms in total. The summed E-state index contributed by atoms with van der Waals surface area (Å²) in [6.45, 7) is 1.85. The summed E-state index contributed by atoms with van der Waals surface area (Å²) >= 11 is 3.38.